The molecule has 0 spiro atoms. The van der Waals surface area contributed by atoms with Gasteiger partial charge in [-0.15, -0.1) is 0 Å². The van der Waals surface area contributed by atoms with Crippen molar-refractivity contribution in [1.82, 2.24) is 0 Å². The van der Waals surface area contributed by atoms with Crippen LogP contribution in [0.25, 0.3) is 0 Å². The molecule has 0 bridgehead atoms. The Bertz CT molecular complexity index is 1420. The Morgan fingerprint density at radius 3 is 1.18 bits per heavy atom. The van der Waals surface area contributed by atoms with E-state index < -0.39 is 0 Å². The molecule has 0 aliphatic rings. The third-order valence-corrected chi connectivity index (χ3v) is 6.90. The summed E-state index contributed by atoms with van der Waals surface area (Å²) in [6.07, 6.45) is 0. The Morgan fingerprint density at radius 1 is 0.474 bits per heavy atom. The van der Waals surface area contributed by atoms with Gasteiger partial charge in [0, 0.05) is 16.9 Å². The molecule has 190 valence electrons. The van der Waals surface area contributed by atoms with Gasteiger partial charge in [-0.05, 0) is 88.5 Å². The van der Waals surface area contributed by atoms with E-state index in [4.69, 9.17) is 16.3 Å². The van der Waals surface area contributed by atoms with Crippen LogP contribution in [0.1, 0.15) is 39.7 Å². The Kier molecular flexibility index (Phi) is 7.52. The van der Waals surface area contributed by atoms with Gasteiger partial charge in [0.15, 0.2) is 0 Å². The highest BCUT2D eigenvalue weighted by molar-refractivity contribution is 6.30. The largest absolute Gasteiger partial charge is 0.508 e. The van der Waals surface area contributed by atoms with Crippen molar-refractivity contribution in [3.63, 3.8) is 0 Å². The third-order valence-electron chi connectivity index (χ3n) is 6.65. The highest BCUT2D eigenvalue weighted by Crippen LogP contribution is 2.44. The van der Waals surface area contributed by atoms with Crippen LogP contribution in [0.5, 0.6) is 23.0 Å². The van der Waals surface area contributed by atoms with Gasteiger partial charge in [-0.25, -0.2) is 0 Å². The van der Waals surface area contributed by atoms with Crippen molar-refractivity contribution in [1.29, 1.82) is 0 Å². The first-order valence-corrected chi connectivity index (χ1v) is 12.7. The van der Waals surface area contributed by atoms with Gasteiger partial charge in [0.25, 0.3) is 0 Å². The monoisotopic (exact) mass is 522 g/mol. The van der Waals surface area contributed by atoms with Crippen LogP contribution in [0.4, 0.5) is 0 Å². The maximum absolute atomic E-state index is 9.97. The van der Waals surface area contributed by atoms with E-state index in [0.717, 1.165) is 33.6 Å². The van der Waals surface area contributed by atoms with E-state index in [0.29, 0.717) is 11.6 Å². The van der Waals surface area contributed by atoms with Gasteiger partial charge in [0.05, 0.1) is 0 Å². The minimum absolute atomic E-state index is 0.130. The normalized spacial score (nSPS) is 11.8. The summed E-state index contributed by atoms with van der Waals surface area (Å²) >= 11 is 5.99. The molecule has 0 saturated carbocycles. The Labute approximate surface area is 227 Å². The summed E-state index contributed by atoms with van der Waals surface area (Å²) in [6.45, 7) is 0.432. The van der Waals surface area contributed by atoms with Crippen molar-refractivity contribution in [3.05, 3.63) is 154 Å². The number of phenolic OH excluding ortho intramolecular Hbond substituents is 3. The molecule has 0 aliphatic heterocycles. The van der Waals surface area contributed by atoms with Gasteiger partial charge in [0.1, 0.15) is 29.6 Å². The number of rotatable bonds is 8. The van der Waals surface area contributed by atoms with Crippen LogP contribution in [-0.2, 0) is 6.61 Å². The van der Waals surface area contributed by atoms with Crippen molar-refractivity contribution in [3.8, 4) is 23.0 Å². The molecule has 0 heterocycles. The lowest BCUT2D eigenvalue weighted by Gasteiger charge is -2.30. The molecule has 0 amide bonds. The average molecular weight is 523 g/mol. The number of aromatic hydroxyl groups is 3. The molecule has 4 nitrogen and oxygen atoms in total. The molecule has 38 heavy (non-hydrogen) atoms. The summed E-state index contributed by atoms with van der Waals surface area (Å²) in [6, 6.07) is 37.3. The highest BCUT2D eigenvalue weighted by atomic mass is 35.5. The van der Waals surface area contributed by atoms with Gasteiger partial charge in [0.2, 0.25) is 0 Å². The molecule has 5 heteroatoms. The van der Waals surface area contributed by atoms with E-state index in [1.165, 1.54) is 0 Å². The fraction of sp³-hybridized carbons (Fsp3) is 0.0909. The summed E-state index contributed by atoms with van der Waals surface area (Å²) in [4.78, 5) is 0. The molecule has 5 rings (SSSR count). The van der Waals surface area contributed by atoms with Gasteiger partial charge in [-0.1, -0.05) is 72.3 Å². The minimum atomic E-state index is -0.137. The first-order chi connectivity index (χ1) is 18.5. The number of hydrogen-bond donors (Lipinski definition) is 3. The number of phenols is 3. The van der Waals surface area contributed by atoms with E-state index in [2.05, 4.69) is 12.1 Å². The summed E-state index contributed by atoms with van der Waals surface area (Å²) in [5.41, 5.74) is 5.12. The van der Waals surface area contributed by atoms with Crippen LogP contribution in [0.3, 0.4) is 0 Å². The zero-order valence-electron chi connectivity index (χ0n) is 20.5. The number of benzene rings is 5. The number of hydrogen-bond acceptors (Lipinski definition) is 4. The Morgan fingerprint density at radius 2 is 0.816 bits per heavy atom. The molecule has 1 atom stereocenters. The molecule has 0 saturated heterocycles. The van der Waals surface area contributed by atoms with E-state index in [1.54, 1.807) is 36.4 Å². The molecule has 0 aromatic heterocycles. The van der Waals surface area contributed by atoms with Gasteiger partial charge < -0.3 is 20.1 Å². The summed E-state index contributed by atoms with van der Waals surface area (Å²) in [7, 11) is 0. The second-order valence-electron chi connectivity index (χ2n) is 9.21. The van der Waals surface area contributed by atoms with Crippen LogP contribution < -0.4 is 4.74 Å². The van der Waals surface area contributed by atoms with Crippen molar-refractivity contribution in [2.75, 3.05) is 0 Å². The Hall–Kier alpha value is -4.41. The van der Waals surface area contributed by atoms with Crippen LogP contribution in [-0.4, -0.2) is 15.3 Å². The van der Waals surface area contributed by atoms with Crippen molar-refractivity contribution < 1.29 is 20.1 Å². The second-order valence-corrected chi connectivity index (χ2v) is 9.65. The first-order valence-electron chi connectivity index (χ1n) is 12.3. The zero-order valence-corrected chi connectivity index (χ0v) is 21.3. The number of halogens is 1. The quantitative estimate of drug-likeness (QED) is 0.193. The minimum Gasteiger partial charge on any atom is -0.508 e. The molecule has 3 N–H and O–H groups in total. The third kappa shape index (κ3) is 5.93. The van der Waals surface area contributed by atoms with Gasteiger partial charge in [-0.2, -0.15) is 0 Å². The van der Waals surface area contributed by atoms with E-state index in [-0.39, 0.29) is 29.1 Å². The second kappa shape index (κ2) is 11.3. The smallest absolute Gasteiger partial charge is 0.119 e. The lowest BCUT2D eigenvalue weighted by atomic mass is 9.73. The molecule has 0 aliphatic carbocycles. The first kappa shape index (κ1) is 25.2. The van der Waals surface area contributed by atoms with Gasteiger partial charge >= 0.3 is 0 Å². The van der Waals surface area contributed by atoms with Crippen molar-refractivity contribution >= 4 is 11.6 Å². The van der Waals surface area contributed by atoms with Crippen molar-refractivity contribution in [2.45, 2.75) is 18.4 Å². The maximum Gasteiger partial charge on any atom is 0.119 e. The fourth-order valence-corrected chi connectivity index (χ4v) is 4.84. The van der Waals surface area contributed by atoms with Crippen LogP contribution in [0.2, 0.25) is 5.02 Å². The summed E-state index contributed by atoms with van der Waals surface area (Å²) < 4.78 is 6.01. The predicted octanol–water partition coefficient (Wildman–Crippen LogP) is 8.00. The Balaban J connectivity index is 1.53. The standard InChI is InChI=1S/C33H27ClO4/c34-27-11-1-22(2-12-27)21-38-31-19-9-26(10-20-31)33(25-7-17-30(37)18-8-25)32(23-3-13-28(35)14-4-23)24-5-15-29(36)16-6-24/h1-20,32-33,35-37H,21H2. The zero-order chi connectivity index (χ0) is 26.5. The molecule has 1 unspecified atom stereocenters. The van der Waals surface area contributed by atoms with Crippen LogP contribution in [0, 0.1) is 0 Å². The molecule has 5 aromatic carbocycles. The SMILES string of the molecule is Oc1ccc(C(c2ccc(O)cc2)C(c2ccc(O)cc2)c2ccc(OCc3ccc(Cl)cc3)cc2)cc1. The van der Waals surface area contributed by atoms with Crippen LogP contribution >= 0.6 is 11.6 Å². The lowest BCUT2D eigenvalue weighted by molar-refractivity contribution is 0.306. The summed E-state index contributed by atoms with van der Waals surface area (Å²) in [5.74, 6) is 1.07. The van der Waals surface area contributed by atoms with Gasteiger partial charge in [-0.3, -0.25) is 0 Å². The van der Waals surface area contributed by atoms with E-state index >= 15 is 0 Å². The maximum atomic E-state index is 9.97. The topological polar surface area (TPSA) is 69.9 Å². The molecule has 0 radical (unpaired) electrons. The fourth-order valence-electron chi connectivity index (χ4n) is 4.72. The lowest BCUT2D eigenvalue weighted by Crippen LogP contribution is -2.14. The van der Waals surface area contributed by atoms with E-state index in [1.807, 2.05) is 72.8 Å². The predicted molar refractivity (Wildman–Crippen MR) is 150 cm³/mol. The van der Waals surface area contributed by atoms with Crippen molar-refractivity contribution in [2.24, 2.45) is 0 Å². The number of ether oxygens (including phenoxy) is 1. The van der Waals surface area contributed by atoms with E-state index in [9.17, 15) is 15.3 Å². The highest BCUT2D eigenvalue weighted by Gasteiger charge is 2.28. The molecule has 0 fully saturated rings. The molecule has 5 aromatic rings. The molecular weight excluding hydrogens is 496 g/mol. The van der Waals surface area contributed by atoms with Crippen LogP contribution in [0.15, 0.2) is 121 Å². The average Bonchev–Trinajstić information content (AvgIpc) is 2.94. The summed E-state index contributed by atoms with van der Waals surface area (Å²) in [5, 5.41) is 30.5. The molecular formula is C33H27ClO4.